The number of ether oxygens (including phenoxy) is 2. The number of nitrogens with zero attached hydrogens (tertiary/aromatic N) is 3. The van der Waals surface area contributed by atoms with Gasteiger partial charge in [0, 0.05) is 0 Å². The van der Waals surface area contributed by atoms with Gasteiger partial charge in [-0.25, -0.2) is 19.6 Å². The molecule has 0 aliphatic rings. The van der Waals surface area contributed by atoms with E-state index < -0.39 is 29.7 Å². The zero-order valence-corrected chi connectivity index (χ0v) is 12.7. The van der Waals surface area contributed by atoms with E-state index in [1.54, 1.807) is 0 Å². The van der Waals surface area contributed by atoms with Crippen LogP contribution in [0.2, 0.25) is 5.15 Å². The van der Waals surface area contributed by atoms with Crippen molar-refractivity contribution in [2.24, 2.45) is 4.99 Å². The van der Waals surface area contributed by atoms with Crippen molar-refractivity contribution in [3.8, 4) is 0 Å². The van der Waals surface area contributed by atoms with Gasteiger partial charge in [0.2, 0.25) is 5.96 Å². The van der Waals surface area contributed by atoms with Crippen molar-refractivity contribution in [3.05, 3.63) is 10.8 Å². The van der Waals surface area contributed by atoms with E-state index in [4.69, 9.17) is 23.1 Å². The molecule has 12 nitrogen and oxygen atoms in total. The lowest BCUT2D eigenvalue weighted by Crippen LogP contribution is -2.44. The maximum absolute atomic E-state index is 12.1. The first kappa shape index (κ1) is 17.9. The average molecular weight is 346 g/mol. The zero-order chi connectivity index (χ0) is 17.6. The number of methoxy groups -OCH3 is 2. The van der Waals surface area contributed by atoms with Gasteiger partial charge in [-0.1, -0.05) is 11.6 Å². The number of aromatic nitrogens is 2. The molecule has 0 aliphatic carbocycles. The van der Waals surface area contributed by atoms with Gasteiger partial charge in [0.25, 0.3) is 5.91 Å². The minimum absolute atomic E-state index is 0.170. The molecule has 0 aromatic carbocycles. The monoisotopic (exact) mass is 345 g/mol. The third kappa shape index (κ3) is 4.96. The van der Waals surface area contributed by atoms with Crippen molar-refractivity contribution in [3.63, 3.8) is 0 Å². The molecule has 0 bridgehead atoms. The van der Waals surface area contributed by atoms with Crippen LogP contribution in [0.4, 0.5) is 21.2 Å². The highest BCUT2D eigenvalue weighted by Crippen LogP contribution is 2.17. The topological polar surface area (TPSA) is 184 Å². The summed E-state index contributed by atoms with van der Waals surface area (Å²) < 4.78 is 8.60. The summed E-state index contributed by atoms with van der Waals surface area (Å²) in [5.74, 6) is -2.03. The van der Waals surface area contributed by atoms with Gasteiger partial charge in [0.15, 0.2) is 22.5 Å². The van der Waals surface area contributed by atoms with Gasteiger partial charge in [-0.2, -0.15) is 0 Å². The van der Waals surface area contributed by atoms with Gasteiger partial charge < -0.3 is 20.9 Å². The SMILES string of the molecule is COC(=O)/N=C(\NC(=O)OC)NC(=O)c1nc(Cl)c(N)nc1N. The normalized spacial score (nSPS) is 10.7. The number of carbonyl (C=O) groups is 3. The smallest absolute Gasteiger partial charge is 0.436 e. The second-order valence-corrected chi connectivity index (χ2v) is 3.99. The maximum Gasteiger partial charge on any atom is 0.436 e. The second kappa shape index (κ2) is 7.74. The number of alkyl carbamates (subject to hydrolysis) is 1. The summed E-state index contributed by atoms with van der Waals surface area (Å²) in [6.45, 7) is 0. The quantitative estimate of drug-likeness (QED) is 0.384. The van der Waals surface area contributed by atoms with Gasteiger partial charge in [-0.15, -0.1) is 4.99 Å². The minimum Gasteiger partial charge on any atom is -0.453 e. The van der Waals surface area contributed by atoms with E-state index >= 15 is 0 Å². The second-order valence-electron chi connectivity index (χ2n) is 3.63. The Balaban J connectivity index is 3.05. The largest absolute Gasteiger partial charge is 0.453 e. The van der Waals surface area contributed by atoms with E-state index in [9.17, 15) is 14.4 Å². The molecule has 0 atom stereocenters. The van der Waals surface area contributed by atoms with Crippen molar-refractivity contribution < 1.29 is 23.9 Å². The molecule has 1 rings (SSSR count). The molecule has 1 aromatic heterocycles. The third-order valence-corrected chi connectivity index (χ3v) is 2.41. The number of nitrogens with two attached hydrogens (primary N) is 2. The molecule has 0 fully saturated rings. The lowest BCUT2D eigenvalue weighted by atomic mass is 10.4. The van der Waals surface area contributed by atoms with Crippen LogP contribution in [-0.4, -0.2) is 48.2 Å². The molecule has 0 unspecified atom stereocenters. The summed E-state index contributed by atoms with van der Waals surface area (Å²) >= 11 is 5.65. The molecule has 1 aromatic rings. The lowest BCUT2D eigenvalue weighted by Gasteiger charge is -2.10. The fourth-order valence-electron chi connectivity index (χ4n) is 1.15. The van der Waals surface area contributed by atoms with Gasteiger partial charge in [0.1, 0.15) is 0 Å². The molecule has 23 heavy (non-hydrogen) atoms. The minimum atomic E-state index is -1.09. The van der Waals surface area contributed by atoms with Gasteiger partial charge in [0.05, 0.1) is 14.2 Å². The number of hydrogen-bond donors (Lipinski definition) is 4. The standard InChI is InChI=1S/C10H12ClN7O5/c1-22-9(20)17-8(18-10(21)23-2)16-7(19)3-5(12)15-6(13)4(11)14-3/h1-2H3,(H4,12,13,15)(H2,16,17,18,19,20,21). The molecule has 1 heterocycles. The number of nitrogens with one attached hydrogen (secondary N) is 2. The number of anilines is 2. The summed E-state index contributed by atoms with van der Waals surface area (Å²) in [6, 6.07) is 0. The molecule has 0 saturated heterocycles. The van der Waals surface area contributed by atoms with Crippen LogP contribution in [-0.2, 0) is 9.47 Å². The van der Waals surface area contributed by atoms with E-state index in [-0.39, 0.29) is 16.8 Å². The highest BCUT2D eigenvalue weighted by molar-refractivity contribution is 6.31. The Kier molecular flexibility index (Phi) is 6.03. The molecule has 3 amide bonds. The molecule has 0 radical (unpaired) electrons. The summed E-state index contributed by atoms with van der Waals surface area (Å²) in [5, 5.41) is 3.80. The number of aliphatic imine (C=N–C) groups is 1. The Bertz CT molecular complexity index is 678. The molecular weight excluding hydrogens is 334 g/mol. The van der Waals surface area contributed by atoms with Crippen LogP contribution in [0.3, 0.4) is 0 Å². The van der Waals surface area contributed by atoms with Crippen molar-refractivity contribution in [1.29, 1.82) is 0 Å². The molecule has 0 spiro atoms. The number of amides is 3. The van der Waals surface area contributed by atoms with E-state index in [0.29, 0.717) is 0 Å². The summed E-state index contributed by atoms with van der Waals surface area (Å²) in [4.78, 5) is 44.9. The fraction of sp³-hybridized carbons (Fsp3) is 0.200. The predicted molar refractivity (Wildman–Crippen MR) is 78.7 cm³/mol. The predicted octanol–water partition coefficient (Wildman–Crippen LogP) is -0.497. The lowest BCUT2D eigenvalue weighted by molar-refractivity contribution is 0.0972. The number of carbonyl (C=O) groups excluding carboxylic acids is 3. The maximum atomic E-state index is 12.1. The van der Waals surface area contributed by atoms with Crippen molar-refractivity contribution >= 4 is 47.3 Å². The van der Waals surface area contributed by atoms with Gasteiger partial charge in [-0.05, 0) is 0 Å². The Hall–Kier alpha value is -3.15. The fourth-order valence-corrected chi connectivity index (χ4v) is 1.27. The van der Waals surface area contributed by atoms with Crippen molar-refractivity contribution in [2.75, 3.05) is 25.7 Å². The Morgan fingerprint density at radius 2 is 1.74 bits per heavy atom. The number of hydrogen-bond acceptors (Lipinski definition) is 9. The van der Waals surface area contributed by atoms with Crippen LogP contribution < -0.4 is 22.1 Å². The highest BCUT2D eigenvalue weighted by atomic mass is 35.5. The van der Waals surface area contributed by atoms with Gasteiger partial charge >= 0.3 is 12.2 Å². The summed E-state index contributed by atoms with van der Waals surface area (Å²) in [7, 11) is 2.11. The van der Waals surface area contributed by atoms with Crippen molar-refractivity contribution in [2.45, 2.75) is 0 Å². The summed E-state index contributed by atoms with van der Waals surface area (Å²) in [5.41, 5.74) is 10.5. The number of rotatable bonds is 1. The van der Waals surface area contributed by atoms with E-state index in [1.807, 2.05) is 5.32 Å². The molecule has 0 aliphatic heterocycles. The Labute approximate surface area is 134 Å². The van der Waals surface area contributed by atoms with Crippen LogP contribution in [0.1, 0.15) is 10.5 Å². The first-order valence-corrected chi connectivity index (χ1v) is 6.07. The van der Waals surface area contributed by atoms with Crippen LogP contribution in [0.5, 0.6) is 0 Å². The van der Waals surface area contributed by atoms with Crippen molar-refractivity contribution in [1.82, 2.24) is 20.6 Å². The number of halogens is 1. The van der Waals surface area contributed by atoms with E-state index in [0.717, 1.165) is 14.2 Å². The summed E-state index contributed by atoms with van der Waals surface area (Å²) in [6.07, 6.45) is -2.09. The first-order valence-electron chi connectivity index (χ1n) is 5.70. The molecular formula is C10H12ClN7O5. The first-order chi connectivity index (χ1) is 10.8. The highest BCUT2D eigenvalue weighted by Gasteiger charge is 2.19. The van der Waals surface area contributed by atoms with Crippen LogP contribution in [0, 0.1) is 0 Å². The Morgan fingerprint density at radius 3 is 2.30 bits per heavy atom. The van der Waals surface area contributed by atoms with Gasteiger partial charge in [-0.3, -0.25) is 15.4 Å². The van der Waals surface area contributed by atoms with E-state index in [1.165, 1.54) is 0 Å². The molecule has 6 N–H and O–H groups in total. The zero-order valence-electron chi connectivity index (χ0n) is 11.9. The number of guanidine groups is 1. The number of nitrogen functional groups attached to an aromatic ring is 2. The molecule has 0 saturated carbocycles. The third-order valence-electron chi connectivity index (χ3n) is 2.14. The average Bonchev–Trinajstić information content (AvgIpc) is 2.50. The molecule has 124 valence electrons. The van der Waals surface area contributed by atoms with Crippen LogP contribution in [0.25, 0.3) is 0 Å². The van der Waals surface area contributed by atoms with E-state index in [2.05, 4.69) is 29.8 Å². The Morgan fingerprint density at radius 1 is 1.09 bits per heavy atom. The van der Waals surface area contributed by atoms with Crippen LogP contribution in [0.15, 0.2) is 4.99 Å². The van der Waals surface area contributed by atoms with Crippen LogP contribution >= 0.6 is 11.6 Å². The molecule has 13 heteroatoms.